The van der Waals surface area contributed by atoms with Crippen LogP contribution < -0.4 is 9.47 Å². The normalized spacial score (nSPS) is 12.1. The van der Waals surface area contributed by atoms with Crippen molar-refractivity contribution < 1.29 is 23.4 Å². The molecule has 0 saturated heterocycles. The van der Waals surface area contributed by atoms with Gasteiger partial charge < -0.3 is 14.6 Å². The third kappa shape index (κ3) is 2.58. The summed E-state index contributed by atoms with van der Waals surface area (Å²) >= 11 is 0. The Morgan fingerprint density at radius 1 is 1.00 bits per heavy atom. The zero-order chi connectivity index (χ0) is 14.7. The Hall–Kier alpha value is -2.14. The summed E-state index contributed by atoms with van der Waals surface area (Å²) < 4.78 is 37.8. The van der Waals surface area contributed by atoms with E-state index < -0.39 is 23.3 Å². The zero-order valence-electron chi connectivity index (χ0n) is 11.1. The van der Waals surface area contributed by atoms with Gasteiger partial charge in [-0.2, -0.15) is 0 Å². The average Bonchev–Trinajstić information content (AvgIpc) is 2.46. The lowest BCUT2D eigenvalue weighted by Gasteiger charge is -2.17. The van der Waals surface area contributed by atoms with Gasteiger partial charge >= 0.3 is 0 Å². The van der Waals surface area contributed by atoms with Gasteiger partial charge in [0.1, 0.15) is 29.2 Å². The number of halogens is 2. The fourth-order valence-electron chi connectivity index (χ4n) is 1.99. The van der Waals surface area contributed by atoms with E-state index in [9.17, 15) is 13.9 Å². The number of rotatable bonds is 4. The largest absolute Gasteiger partial charge is 0.497 e. The highest BCUT2D eigenvalue weighted by molar-refractivity contribution is 5.42. The van der Waals surface area contributed by atoms with Gasteiger partial charge in [-0.15, -0.1) is 0 Å². The summed E-state index contributed by atoms with van der Waals surface area (Å²) in [5, 5.41) is 10.2. The lowest BCUT2D eigenvalue weighted by atomic mass is 9.99. The number of ether oxygens (including phenoxy) is 2. The van der Waals surface area contributed by atoms with Crippen LogP contribution in [0.3, 0.4) is 0 Å². The summed E-state index contributed by atoms with van der Waals surface area (Å²) in [5.41, 5.74) is -0.145. The second-order valence-electron chi connectivity index (χ2n) is 4.15. The average molecular weight is 280 g/mol. The van der Waals surface area contributed by atoms with Crippen molar-refractivity contribution in [2.75, 3.05) is 14.2 Å². The molecule has 0 aliphatic heterocycles. The van der Waals surface area contributed by atoms with Gasteiger partial charge in [0, 0.05) is 17.7 Å². The number of benzene rings is 2. The maximum atomic E-state index is 13.9. The van der Waals surface area contributed by atoms with Crippen LogP contribution in [0.4, 0.5) is 8.78 Å². The Morgan fingerprint density at radius 3 is 2.15 bits per heavy atom. The first-order valence-electron chi connectivity index (χ1n) is 5.92. The SMILES string of the molecule is COc1cc(F)c(C(O)c2ccccc2OC)c(F)c1. The van der Waals surface area contributed by atoms with Crippen molar-refractivity contribution in [2.24, 2.45) is 0 Å². The van der Waals surface area contributed by atoms with E-state index in [0.717, 1.165) is 12.1 Å². The summed E-state index contributed by atoms with van der Waals surface area (Å²) in [6.07, 6.45) is -1.46. The van der Waals surface area contributed by atoms with Gasteiger partial charge in [-0.1, -0.05) is 18.2 Å². The molecule has 106 valence electrons. The molecule has 0 aliphatic carbocycles. The number of hydrogen-bond donors (Lipinski definition) is 1. The number of aliphatic hydroxyl groups is 1. The van der Waals surface area contributed by atoms with Gasteiger partial charge in [-0.05, 0) is 6.07 Å². The highest BCUT2D eigenvalue weighted by Gasteiger charge is 2.23. The number of aliphatic hydroxyl groups excluding tert-OH is 1. The molecule has 5 heteroatoms. The molecule has 2 aromatic rings. The van der Waals surface area contributed by atoms with Gasteiger partial charge in [-0.25, -0.2) is 8.78 Å². The van der Waals surface area contributed by atoms with Crippen molar-refractivity contribution >= 4 is 0 Å². The number of methoxy groups -OCH3 is 2. The molecule has 0 heterocycles. The van der Waals surface area contributed by atoms with Crippen molar-refractivity contribution in [2.45, 2.75) is 6.10 Å². The Morgan fingerprint density at radius 2 is 1.60 bits per heavy atom. The van der Waals surface area contributed by atoms with Gasteiger partial charge in [0.2, 0.25) is 0 Å². The van der Waals surface area contributed by atoms with Crippen LogP contribution in [-0.4, -0.2) is 19.3 Å². The summed E-state index contributed by atoms with van der Waals surface area (Å²) in [6, 6.07) is 8.56. The lowest BCUT2D eigenvalue weighted by Crippen LogP contribution is -2.08. The molecule has 2 rings (SSSR count). The standard InChI is InChI=1S/C15H14F2O3/c1-19-9-7-11(16)14(12(17)8-9)15(18)10-5-3-4-6-13(10)20-2/h3-8,15,18H,1-2H3. The van der Waals surface area contributed by atoms with Gasteiger partial charge in [0.25, 0.3) is 0 Å². The minimum absolute atomic E-state index is 0.0518. The van der Waals surface area contributed by atoms with E-state index in [-0.39, 0.29) is 11.3 Å². The smallest absolute Gasteiger partial charge is 0.135 e. The second kappa shape index (κ2) is 5.88. The van der Waals surface area contributed by atoms with E-state index in [0.29, 0.717) is 5.75 Å². The Balaban J connectivity index is 2.51. The Bertz CT molecular complexity index is 591. The van der Waals surface area contributed by atoms with Gasteiger partial charge in [-0.3, -0.25) is 0 Å². The molecule has 1 N–H and O–H groups in total. The molecule has 0 radical (unpaired) electrons. The predicted molar refractivity (Wildman–Crippen MR) is 70.0 cm³/mol. The molecule has 0 amide bonds. The molecule has 0 fully saturated rings. The predicted octanol–water partition coefficient (Wildman–Crippen LogP) is 3.06. The molecule has 1 unspecified atom stereocenters. The van der Waals surface area contributed by atoms with Crippen molar-refractivity contribution in [3.8, 4) is 11.5 Å². The first-order valence-corrected chi connectivity index (χ1v) is 5.92. The van der Waals surface area contributed by atoms with E-state index in [1.54, 1.807) is 24.3 Å². The van der Waals surface area contributed by atoms with E-state index in [4.69, 9.17) is 9.47 Å². The van der Waals surface area contributed by atoms with Crippen LogP contribution >= 0.6 is 0 Å². The van der Waals surface area contributed by atoms with Crippen molar-refractivity contribution in [3.05, 3.63) is 59.2 Å². The topological polar surface area (TPSA) is 38.7 Å². The number of hydrogen-bond acceptors (Lipinski definition) is 3. The van der Waals surface area contributed by atoms with Crippen molar-refractivity contribution in [1.29, 1.82) is 0 Å². The van der Waals surface area contributed by atoms with E-state index in [1.807, 2.05) is 0 Å². The molecule has 2 aromatic carbocycles. The monoisotopic (exact) mass is 280 g/mol. The molecule has 3 nitrogen and oxygen atoms in total. The minimum atomic E-state index is -1.46. The van der Waals surface area contributed by atoms with Crippen molar-refractivity contribution in [1.82, 2.24) is 0 Å². The maximum absolute atomic E-state index is 13.9. The first-order chi connectivity index (χ1) is 9.58. The van der Waals surface area contributed by atoms with Crippen molar-refractivity contribution in [3.63, 3.8) is 0 Å². The summed E-state index contributed by atoms with van der Waals surface area (Å²) in [5.74, 6) is -1.34. The lowest BCUT2D eigenvalue weighted by molar-refractivity contribution is 0.203. The fourth-order valence-corrected chi connectivity index (χ4v) is 1.99. The van der Waals surface area contributed by atoms with E-state index >= 15 is 0 Å². The third-order valence-electron chi connectivity index (χ3n) is 3.00. The van der Waals surface area contributed by atoms with Crippen LogP contribution in [-0.2, 0) is 0 Å². The van der Waals surface area contributed by atoms with E-state index in [1.165, 1.54) is 14.2 Å². The van der Waals surface area contributed by atoms with Crippen LogP contribution in [0.15, 0.2) is 36.4 Å². The van der Waals surface area contributed by atoms with Crippen LogP contribution in [0.25, 0.3) is 0 Å². The summed E-state index contributed by atoms with van der Waals surface area (Å²) in [7, 11) is 2.73. The zero-order valence-corrected chi connectivity index (χ0v) is 11.1. The van der Waals surface area contributed by atoms with Crippen LogP contribution in [0.1, 0.15) is 17.2 Å². The number of para-hydroxylation sites is 1. The third-order valence-corrected chi connectivity index (χ3v) is 3.00. The molecule has 0 aliphatic rings. The fraction of sp³-hybridized carbons (Fsp3) is 0.200. The first kappa shape index (κ1) is 14.3. The van der Waals surface area contributed by atoms with E-state index in [2.05, 4.69) is 0 Å². The van der Waals surface area contributed by atoms with Gasteiger partial charge in [0.15, 0.2) is 0 Å². The quantitative estimate of drug-likeness (QED) is 0.935. The van der Waals surface area contributed by atoms with Crippen LogP contribution in [0.5, 0.6) is 11.5 Å². The molecular formula is C15H14F2O3. The Kier molecular flexibility index (Phi) is 4.20. The molecule has 1 atom stereocenters. The molecular weight excluding hydrogens is 266 g/mol. The van der Waals surface area contributed by atoms with Crippen LogP contribution in [0.2, 0.25) is 0 Å². The Labute approximate surface area is 115 Å². The summed E-state index contributed by atoms with van der Waals surface area (Å²) in [4.78, 5) is 0. The highest BCUT2D eigenvalue weighted by atomic mass is 19.1. The maximum Gasteiger partial charge on any atom is 0.135 e. The molecule has 0 aromatic heterocycles. The highest BCUT2D eigenvalue weighted by Crippen LogP contribution is 2.34. The summed E-state index contributed by atoms with van der Waals surface area (Å²) in [6.45, 7) is 0. The molecule has 0 bridgehead atoms. The molecule has 0 spiro atoms. The molecule has 20 heavy (non-hydrogen) atoms. The minimum Gasteiger partial charge on any atom is -0.497 e. The molecule has 0 saturated carbocycles. The second-order valence-corrected chi connectivity index (χ2v) is 4.15. The van der Waals surface area contributed by atoms with Crippen LogP contribution in [0, 0.1) is 11.6 Å². The van der Waals surface area contributed by atoms with Gasteiger partial charge in [0.05, 0.1) is 19.8 Å².